The van der Waals surface area contributed by atoms with Gasteiger partial charge in [-0.2, -0.15) is 13.2 Å². The molecule has 298 valence electrons. The zero-order chi connectivity index (χ0) is 38.8. The molecule has 0 saturated heterocycles. The van der Waals surface area contributed by atoms with Crippen LogP contribution in [0.5, 0.6) is 5.75 Å². The van der Waals surface area contributed by atoms with E-state index < -0.39 is 47.2 Å². The molecule has 0 amide bonds. The number of benzene rings is 1. The number of aliphatic hydroxyl groups excluding tert-OH is 3. The standard InChI is InChI=1S/C37H52F3NO12/c1-49-34-21-25(14-18-35(45)50-19-6-7-20-52-41(47)48)13-17-33(34)53-36(46)12-5-3-2-4-11-29-30(32(44)23-31(29)43)16-15-27(42)24-51-28-10-8-9-26(22-28)37(38,39)40/h2,4,8-10,14,18,22,25,27,29-34,42-44H,3,5-7,11-13,15-17,19-21,23-24H2,1H3/b4-2-,18-14+/t25?,27-,29-,30-,31+,32-,33?,34?/m1/s1. The van der Waals surface area contributed by atoms with Gasteiger partial charge in [0.2, 0.25) is 0 Å². The van der Waals surface area contributed by atoms with Gasteiger partial charge in [0.05, 0.1) is 43.2 Å². The molecule has 8 atom stereocenters. The monoisotopic (exact) mass is 759 g/mol. The van der Waals surface area contributed by atoms with Crippen LogP contribution in [0, 0.1) is 27.9 Å². The number of esters is 2. The van der Waals surface area contributed by atoms with Crippen molar-refractivity contribution in [3.05, 3.63) is 64.2 Å². The second-order valence-electron chi connectivity index (χ2n) is 13.5. The lowest BCUT2D eigenvalue weighted by atomic mass is 9.85. The van der Waals surface area contributed by atoms with Crippen LogP contribution in [-0.4, -0.2) is 89.8 Å². The summed E-state index contributed by atoms with van der Waals surface area (Å²) in [6.45, 7) is -0.138. The number of halogens is 3. The first-order valence-corrected chi connectivity index (χ1v) is 18.1. The smallest absolute Gasteiger partial charge is 0.416 e. The molecule has 0 heterocycles. The van der Waals surface area contributed by atoms with Crippen LogP contribution in [0.15, 0.2) is 48.6 Å². The summed E-state index contributed by atoms with van der Waals surface area (Å²) in [5.41, 5.74) is -0.844. The number of unbranched alkanes of at least 4 members (excludes halogenated alkanes) is 2. The molecule has 0 bridgehead atoms. The zero-order valence-corrected chi connectivity index (χ0v) is 29.9. The number of alkyl halides is 3. The molecule has 0 radical (unpaired) electrons. The molecule has 2 aliphatic rings. The molecule has 3 N–H and O–H groups in total. The highest BCUT2D eigenvalue weighted by Gasteiger charge is 2.40. The van der Waals surface area contributed by atoms with Gasteiger partial charge in [-0.05, 0) is 107 Å². The van der Waals surface area contributed by atoms with Gasteiger partial charge >= 0.3 is 18.1 Å². The van der Waals surface area contributed by atoms with E-state index in [0.717, 1.165) is 12.1 Å². The number of hydrogen-bond acceptors (Lipinski definition) is 12. The number of carbonyl (C=O) groups is 2. The Labute approximate surface area is 307 Å². The normalized spacial score (nSPS) is 25.4. The van der Waals surface area contributed by atoms with E-state index in [2.05, 4.69) is 4.84 Å². The summed E-state index contributed by atoms with van der Waals surface area (Å²) in [7, 11) is 1.55. The Morgan fingerprint density at radius 3 is 2.53 bits per heavy atom. The van der Waals surface area contributed by atoms with Crippen molar-refractivity contribution in [2.24, 2.45) is 17.8 Å². The maximum absolute atomic E-state index is 12.9. The highest BCUT2D eigenvalue weighted by atomic mass is 19.4. The van der Waals surface area contributed by atoms with E-state index in [1.54, 1.807) is 13.2 Å². The Hall–Kier alpha value is -3.73. The zero-order valence-electron chi connectivity index (χ0n) is 29.9. The number of ether oxygens (including phenoxy) is 4. The number of nitrogens with zero attached hydrogens (tertiary/aromatic N) is 1. The Bertz CT molecular complexity index is 1340. The largest absolute Gasteiger partial charge is 0.491 e. The van der Waals surface area contributed by atoms with E-state index in [4.69, 9.17) is 18.9 Å². The molecule has 0 spiro atoms. The van der Waals surface area contributed by atoms with Crippen molar-refractivity contribution in [3.63, 3.8) is 0 Å². The van der Waals surface area contributed by atoms with Crippen LogP contribution in [0.3, 0.4) is 0 Å². The summed E-state index contributed by atoms with van der Waals surface area (Å²) >= 11 is 0. The lowest BCUT2D eigenvalue weighted by Crippen LogP contribution is -2.38. The molecule has 0 aliphatic heterocycles. The van der Waals surface area contributed by atoms with Crippen LogP contribution < -0.4 is 4.74 Å². The predicted molar refractivity (Wildman–Crippen MR) is 184 cm³/mol. The molecule has 13 nitrogen and oxygen atoms in total. The van der Waals surface area contributed by atoms with Crippen molar-refractivity contribution < 1.29 is 67.0 Å². The van der Waals surface area contributed by atoms with Gasteiger partial charge < -0.3 is 39.1 Å². The third-order valence-electron chi connectivity index (χ3n) is 9.63. The molecular formula is C37H52F3NO12. The van der Waals surface area contributed by atoms with Crippen molar-refractivity contribution >= 4 is 11.9 Å². The van der Waals surface area contributed by atoms with Crippen molar-refractivity contribution in [1.29, 1.82) is 0 Å². The number of rotatable bonds is 22. The predicted octanol–water partition coefficient (Wildman–Crippen LogP) is 5.51. The van der Waals surface area contributed by atoms with Gasteiger partial charge in [0.25, 0.3) is 5.09 Å². The van der Waals surface area contributed by atoms with Crippen LogP contribution in [0.25, 0.3) is 0 Å². The molecule has 3 unspecified atom stereocenters. The fourth-order valence-electron chi connectivity index (χ4n) is 6.76. The summed E-state index contributed by atoms with van der Waals surface area (Å²) in [5, 5.41) is 40.8. The van der Waals surface area contributed by atoms with Crippen LogP contribution in [0.4, 0.5) is 13.2 Å². The van der Waals surface area contributed by atoms with Gasteiger partial charge in [-0.1, -0.05) is 24.3 Å². The van der Waals surface area contributed by atoms with Crippen molar-refractivity contribution in [2.45, 2.75) is 114 Å². The molecule has 1 aromatic carbocycles. The Balaban J connectivity index is 1.31. The Morgan fingerprint density at radius 1 is 1.04 bits per heavy atom. The highest BCUT2D eigenvalue weighted by molar-refractivity contribution is 5.81. The second kappa shape index (κ2) is 22.5. The third-order valence-corrected chi connectivity index (χ3v) is 9.63. The molecular weight excluding hydrogens is 707 g/mol. The fourth-order valence-corrected chi connectivity index (χ4v) is 6.76. The number of allylic oxidation sites excluding steroid dienone is 3. The van der Waals surface area contributed by atoms with E-state index in [9.17, 15) is 48.2 Å². The van der Waals surface area contributed by atoms with Crippen molar-refractivity contribution in [3.8, 4) is 5.75 Å². The minimum Gasteiger partial charge on any atom is -0.491 e. The molecule has 2 aliphatic carbocycles. The molecule has 3 rings (SSSR count). The molecule has 2 saturated carbocycles. The van der Waals surface area contributed by atoms with Crippen LogP contribution in [0.2, 0.25) is 0 Å². The summed E-state index contributed by atoms with van der Waals surface area (Å²) in [6.07, 6.45) is 4.64. The first-order valence-electron chi connectivity index (χ1n) is 18.1. The lowest BCUT2D eigenvalue weighted by Gasteiger charge is -2.33. The Morgan fingerprint density at radius 2 is 1.79 bits per heavy atom. The second-order valence-corrected chi connectivity index (χ2v) is 13.5. The van der Waals surface area contributed by atoms with Gasteiger partial charge in [0, 0.05) is 19.6 Å². The van der Waals surface area contributed by atoms with Gasteiger partial charge in [-0.25, -0.2) is 4.79 Å². The third kappa shape index (κ3) is 16.0. The molecule has 16 heteroatoms. The molecule has 1 aromatic rings. The molecule has 0 aromatic heterocycles. The van der Waals surface area contributed by atoms with E-state index >= 15 is 0 Å². The number of methoxy groups -OCH3 is 1. The average molecular weight is 760 g/mol. The SMILES string of the molecule is COC1CC(/C=C/C(=O)OCCCCO[N+](=O)[O-])CCC1OC(=O)CCC/C=C\C[C@@H]1[C@@H](CC[C@@H](O)COc2cccc(C(F)(F)F)c2)[C@H](O)C[C@@H]1O. The van der Waals surface area contributed by atoms with Gasteiger partial charge in [-0.3, -0.25) is 4.79 Å². The highest BCUT2D eigenvalue weighted by Crippen LogP contribution is 2.38. The van der Waals surface area contributed by atoms with E-state index in [-0.39, 0.29) is 74.7 Å². The summed E-state index contributed by atoms with van der Waals surface area (Å²) in [4.78, 5) is 38.9. The molecule has 2 fully saturated rings. The van der Waals surface area contributed by atoms with Crippen LogP contribution >= 0.6 is 0 Å². The first kappa shape index (κ1) is 43.7. The van der Waals surface area contributed by atoms with E-state index in [0.29, 0.717) is 57.8 Å². The minimum atomic E-state index is -4.50. The van der Waals surface area contributed by atoms with Gasteiger partial charge in [0.1, 0.15) is 18.5 Å². The quantitative estimate of drug-likeness (QED) is 0.0337. The average Bonchev–Trinajstić information content (AvgIpc) is 3.39. The van der Waals surface area contributed by atoms with Crippen molar-refractivity contribution in [2.75, 3.05) is 26.9 Å². The van der Waals surface area contributed by atoms with Crippen LogP contribution in [-0.2, 0) is 34.8 Å². The number of carbonyl (C=O) groups excluding carboxylic acids is 2. The Kier molecular flexibility index (Phi) is 18.5. The summed E-state index contributed by atoms with van der Waals surface area (Å²) < 4.78 is 60.6. The van der Waals surface area contributed by atoms with E-state index in [1.165, 1.54) is 18.2 Å². The van der Waals surface area contributed by atoms with Gasteiger partial charge in [0.15, 0.2) is 0 Å². The minimum absolute atomic E-state index is 0.00336. The number of aliphatic hydroxyl groups is 3. The summed E-state index contributed by atoms with van der Waals surface area (Å²) in [5.74, 6) is -1.32. The first-order chi connectivity index (χ1) is 25.3. The maximum Gasteiger partial charge on any atom is 0.416 e. The number of hydrogen-bond donors (Lipinski definition) is 3. The maximum atomic E-state index is 12.9. The lowest BCUT2D eigenvalue weighted by molar-refractivity contribution is -0.757. The van der Waals surface area contributed by atoms with E-state index in [1.807, 2.05) is 12.2 Å². The topological polar surface area (TPSA) is 184 Å². The molecule has 53 heavy (non-hydrogen) atoms. The van der Waals surface area contributed by atoms with Crippen molar-refractivity contribution in [1.82, 2.24) is 0 Å². The summed E-state index contributed by atoms with van der Waals surface area (Å²) in [6, 6.07) is 4.42. The van der Waals surface area contributed by atoms with Crippen LogP contribution in [0.1, 0.15) is 82.6 Å². The van der Waals surface area contributed by atoms with Gasteiger partial charge in [-0.15, -0.1) is 10.1 Å². The fraction of sp³-hybridized carbons (Fsp3) is 0.676.